The SMILES string of the molecule is COC(=O)C1CN(C(C)c2ccccc2Sc2ccccc2C#N)CC1c1cccc(C#N)c1. The lowest BCUT2D eigenvalue weighted by molar-refractivity contribution is -0.145. The van der Waals surface area contributed by atoms with Crippen molar-refractivity contribution in [1.29, 1.82) is 10.5 Å². The minimum Gasteiger partial charge on any atom is -0.469 e. The summed E-state index contributed by atoms with van der Waals surface area (Å²) in [6.45, 7) is 3.41. The molecule has 1 saturated heterocycles. The number of rotatable bonds is 6. The molecule has 0 saturated carbocycles. The van der Waals surface area contributed by atoms with Crippen molar-refractivity contribution in [3.63, 3.8) is 0 Å². The summed E-state index contributed by atoms with van der Waals surface area (Å²) in [6.07, 6.45) is 0. The number of esters is 1. The average Bonchev–Trinajstić information content (AvgIpc) is 3.34. The van der Waals surface area contributed by atoms with Gasteiger partial charge in [0, 0.05) is 34.8 Å². The topological polar surface area (TPSA) is 77.1 Å². The third-order valence-corrected chi connectivity index (χ3v) is 7.61. The first-order valence-electron chi connectivity index (χ1n) is 11.1. The second kappa shape index (κ2) is 10.6. The number of carbonyl (C=O) groups is 1. The van der Waals surface area contributed by atoms with Crippen LogP contribution in [0.15, 0.2) is 82.6 Å². The number of benzene rings is 3. The van der Waals surface area contributed by atoms with Gasteiger partial charge in [-0.1, -0.05) is 54.2 Å². The second-order valence-corrected chi connectivity index (χ2v) is 9.43. The van der Waals surface area contributed by atoms with Crippen LogP contribution in [0.5, 0.6) is 0 Å². The number of hydrogen-bond acceptors (Lipinski definition) is 6. The quantitative estimate of drug-likeness (QED) is 0.444. The lowest BCUT2D eigenvalue weighted by atomic mass is 9.88. The Morgan fingerprint density at radius 1 is 1.00 bits per heavy atom. The Morgan fingerprint density at radius 2 is 1.74 bits per heavy atom. The van der Waals surface area contributed by atoms with Crippen LogP contribution in [0.25, 0.3) is 0 Å². The Hall–Kier alpha value is -3.58. The molecule has 0 bridgehead atoms. The van der Waals surface area contributed by atoms with Gasteiger partial charge in [-0.15, -0.1) is 0 Å². The molecule has 3 unspecified atom stereocenters. The van der Waals surface area contributed by atoms with Gasteiger partial charge in [-0.05, 0) is 48.4 Å². The van der Waals surface area contributed by atoms with E-state index >= 15 is 0 Å². The van der Waals surface area contributed by atoms with Crippen LogP contribution >= 0.6 is 11.8 Å². The normalized spacial score (nSPS) is 18.6. The summed E-state index contributed by atoms with van der Waals surface area (Å²) in [6, 6.07) is 27.8. The molecule has 1 aliphatic heterocycles. The lowest BCUT2D eigenvalue weighted by Gasteiger charge is -2.26. The zero-order chi connectivity index (χ0) is 24.1. The van der Waals surface area contributed by atoms with Gasteiger partial charge in [-0.25, -0.2) is 0 Å². The molecule has 0 amide bonds. The van der Waals surface area contributed by atoms with Gasteiger partial charge in [0.15, 0.2) is 0 Å². The van der Waals surface area contributed by atoms with E-state index in [4.69, 9.17) is 4.74 Å². The summed E-state index contributed by atoms with van der Waals surface area (Å²) in [4.78, 5) is 17.0. The van der Waals surface area contributed by atoms with Crippen LogP contribution in [-0.4, -0.2) is 31.1 Å². The fourth-order valence-corrected chi connectivity index (χ4v) is 5.71. The Balaban J connectivity index is 1.63. The molecule has 5 nitrogen and oxygen atoms in total. The number of nitriles is 2. The van der Waals surface area contributed by atoms with Crippen molar-refractivity contribution in [2.75, 3.05) is 20.2 Å². The van der Waals surface area contributed by atoms with Crippen molar-refractivity contribution >= 4 is 17.7 Å². The van der Waals surface area contributed by atoms with E-state index < -0.39 is 0 Å². The second-order valence-electron chi connectivity index (χ2n) is 8.35. The Bertz CT molecular complexity index is 1280. The molecule has 0 N–H and O–H groups in total. The van der Waals surface area contributed by atoms with E-state index in [9.17, 15) is 15.3 Å². The molecular formula is C28H25N3O2S. The first-order chi connectivity index (χ1) is 16.5. The maximum Gasteiger partial charge on any atom is 0.310 e. The molecule has 1 aliphatic rings. The van der Waals surface area contributed by atoms with E-state index in [-0.39, 0.29) is 23.8 Å². The van der Waals surface area contributed by atoms with Crippen LogP contribution in [0.2, 0.25) is 0 Å². The van der Waals surface area contributed by atoms with Crippen LogP contribution in [-0.2, 0) is 9.53 Å². The standard InChI is InChI=1S/C28H25N3O2S/c1-19(23-11-4-6-13-27(23)34-26-12-5-3-9-22(26)16-30)31-17-24(25(18-31)28(32)33-2)21-10-7-8-20(14-21)15-29/h3-14,19,24-25H,17-18H2,1-2H3. The van der Waals surface area contributed by atoms with Crippen molar-refractivity contribution in [2.45, 2.75) is 28.7 Å². The molecule has 1 heterocycles. The van der Waals surface area contributed by atoms with E-state index in [0.29, 0.717) is 24.2 Å². The van der Waals surface area contributed by atoms with Gasteiger partial charge < -0.3 is 4.74 Å². The summed E-state index contributed by atoms with van der Waals surface area (Å²) in [5, 5.41) is 18.8. The van der Waals surface area contributed by atoms with Crippen LogP contribution in [0.4, 0.5) is 0 Å². The van der Waals surface area contributed by atoms with Gasteiger partial charge in [0.05, 0.1) is 30.2 Å². The van der Waals surface area contributed by atoms with E-state index in [1.54, 1.807) is 17.8 Å². The summed E-state index contributed by atoms with van der Waals surface area (Å²) in [7, 11) is 1.43. The largest absolute Gasteiger partial charge is 0.469 e. The molecule has 1 fully saturated rings. The van der Waals surface area contributed by atoms with E-state index in [2.05, 4.69) is 36.1 Å². The number of hydrogen-bond donors (Lipinski definition) is 0. The van der Waals surface area contributed by atoms with Gasteiger partial charge in [-0.2, -0.15) is 10.5 Å². The predicted octanol–water partition coefficient (Wildman–Crippen LogP) is 5.53. The van der Waals surface area contributed by atoms with Crippen molar-refractivity contribution in [2.24, 2.45) is 5.92 Å². The maximum absolute atomic E-state index is 12.7. The van der Waals surface area contributed by atoms with Gasteiger partial charge >= 0.3 is 5.97 Å². The number of likely N-dealkylation sites (tertiary alicyclic amines) is 1. The Kier molecular flexibility index (Phi) is 7.33. The van der Waals surface area contributed by atoms with Gasteiger partial charge in [0.2, 0.25) is 0 Å². The van der Waals surface area contributed by atoms with Crippen LogP contribution in [0.3, 0.4) is 0 Å². The highest BCUT2D eigenvalue weighted by molar-refractivity contribution is 7.99. The Labute approximate surface area is 204 Å². The molecule has 170 valence electrons. The Morgan fingerprint density at radius 3 is 2.47 bits per heavy atom. The van der Waals surface area contributed by atoms with E-state index in [1.807, 2.05) is 54.6 Å². The molecule has 0 spiro atoms. The van der Waals surface area contributed by atoms with Gasteiger partial charge in [-0.3, -0.25) is 9.69 Å². The van der Waals surface area contributed by atoms with E-state index in [1.165, 1.54) is 7.11 Å². The van der Waals surface area contributed by atoms with Crippen LogP contribution in [0.1, 0.15) is 41.1 Å². The lowest BCUT2D eigenvalue weighted by Crippen LogP contribution is -2.27. The molecule has 0 aromatic heterocycles. The summed E-state index contributed by atoms with van der Waals surface area (Å²) < 4.78 is 5.14. The molecule has 34 heavy (non-hydrogen) atoms. The minimum absolute atomic E-state index is 0.0502. The highest BCUT2D eigenvalue weighted by atomic mass is 32.2. The first kappa shape index (κ1) is 23.6. The van der Waals surface area contributed by atoms with Gasteiger partial charge in [0.25, 0.3) is 0 Å². The number of ether oxygens (including phenoxy) is 1. The van der Waals surface area contributed by atoms with Crippen molar-refractivity contribution in [3.05, 3.63) is 95.1 Å². The fraction of sp³-hybridized carbons (Fsp3) is 0.250. The number of methoxy groups -OCH3 is 1. The highest BCUT2D eigenvalue weighted by Crippen LogP contribution is 2.41. The van der Waals surface area contributed by atoms with Crippen LogP contribution < -0.4 is 0 Å². The zero-order valence-electron chi connectivity index (χ0n) is 19.1. The summed E-state index contributed by atoms with van der Waals surface area (Å²) >= 11 is 1.59. The van der Waals surface area contributed by atoms with Crippen LogP contribution in [0, 0.1) is 28.6 Å². The smallest absolute Gasteiger partial charge is 0.310 e. The maximum atomic E-state index is 12.7. The average molecular weight is 468 g/mol. The van der Waals surface area contributed by atoms with Crippen molar-refractivity contribution < 1.29 is 9.53 Å². The zero-order valence-corrected chi connectivity index (χ0v) is 20.0. The monoisotopic (exact) mass is 467 g/mol. The molecule has 0 radical (unpaired) electrons. The third-order valence-electron chi connectivity index (χ3n) is 6.44. The minimum atomic E-state index is -0.305. The molecule has 3 aromatic rings. The summed E-state index contributed by atoms with van der Waals surface area (Å²) in [5.74, 6) is -0.587. The fourth-order valence-electron chi connectivity index (χ4n) is 4.60. The molecule has 3 atom stereocenters. The first-order valence-corrected chi connectivity index (χ1v) is 11.9. The molecule has 3 aromatic carbocycles. The highest BCUT2D eigenvalue weighted by Gasteiger charge is 2.41. The summed E-state index contributed by atoms with van der Waals surface area (Å²) in [5.41, 5.74) is 3.37. The predicted molar refractivity (Wildman–Crippen MR) is 131 cm³/mol. The molecule has 0 aliphatic carbocycles. The number of carbonyl (C=O) groups excluding carboxylic acids is 1. The van der Waals surface area contributed by atoms with Crippen molar-refractivity contribution in [1.82, 2.24) is 4.90 Å². The molecule has 4 rings (SSSR count). The molecular weight excluding hydrogens is 442 g/mol. The number of nitrogens with zero attached hydrogens (tertiary/aromatic N) is 3. The van der Waals surface area contributed by atoms with E-state index in [0.717, 1.165) is 20.9 Å². The molecule has 6 heteroatoms. The van der Waals surface area contributed by atoms with Crippen molar-refractivity contribution in [3.8, 4) is 12.1 Å². The van der Waals surface area contributed by atoms with Gasteiger partial charge in [0.1, 0.15) is 6.07 Å². The third kappa shape index (κ3) is 4.84.